The van der Waals surface area contributed by atoms with E-state index in [2.05, 4.69) is 36.9 Å². The van der Waals surface area contributed by atoms with Gasteiger partial charge in [-0.25, -0.2) is 0 Å². The summed E-state index contributed by atoms with van der Waals surface area (Å²) in [4.78, 5) is 42.5. The van der Waals surface area contributed by atoms with Gasteiger partial charge in [0, 0.05) is 18.0 Å². The smallest absolute Gasteiger partial charge is 0.323 e. The third-order valence-corrected chi connectivity index (χ3v) is 9.30. The Morgan fingerprint density at radius 2 is 1.82 bits per heavy atom. The summed E-state index contributed by atoms with van der Waals surface area (Å²) in [5.41, 5.74) is 1.98. The number of thioether (sulfide) groups is 2. The molecule has 0 saturated carbocycles. The molecule has 11 heteroatoms. The van der Waals surface area contributed by atoms with Crippen molar-refractivity contribution in [3.05, 3.63) is 54.4 Å². The summed E-state index contributed by atoms with van der Waals surface area (Å²) < 4.78 is 2.25. The molecular formula is C23H23N3O4S4. The lowest BCUT2D eigenvalue weighted by atomic mass is 10.1. The number of thiazole rings is 1. The van der Waals surface area contributed by atoms with E-state index >= 15 is 0 Å². The zero-order chi connectivity index (χ0) is 24.6. The summed E-state index contributed by atoms with van der Waals surface area (Å²) in [5.74, 6) is -1.45. The third kappa shape index (κ3) is 4.49. The number of carbonyl (C=O) groups excluding carboxylic acids is 1. The van der Waals surface area contributed by atoms with Gasteiger partial charge in [-0.1, -0.05) is 48.7 Å². The van der Waals surface area contributed by atoms with Crippen LogP contribution < -0.4 is 19.7 Å². The maximum absolute atomic E-state index is 13.1. The van der Waals surface area contributed by atoms with Crippen molar-refractivity contribution in [3.8, 4) is 0 Å². The Bertz CT molecular complexity index is 1410. The standard InChI is InChI=1S/C23H23N3O4S4/c1-4-13-7-8-15-14(11-13)24(5-2)17(32-15)10-9-16-20(29)26(12-18(27)28)22(33-16)19-21(30)25(6-3)23(31)34-19/h7-11H,4-6,12H2,1-3H3,(H,27,28)/b16-9+,17-10-,22-19-. The predicted octanol–water partition coefficient (Wildman–Crippen LogP) is 2.80. The highest BCUT2D eigenvalue weighted by Crippen LogP contribution is 2.46. The van der Waals surface area contributed by atoms with Gasteiger partial charge in [-0.3, -0.25) is 23.9 Å². The average molecular weight is 534 g/mol. The number of hydrogen-bond donors (Lipinski definition) is 1. The number of carboxylic acid groups (broad SMARTS) is 1. The van der Waals surface area contributed by atoms with E-state index in [1.165, 1.54) is 10.5 Å². The first kappa shape index (κ1) is 24.8. The highest BCUT2D eigenvalue weighted by atomic mass is 32.2. The van der Waals surface area contributed by atoms with E-state index in [0.29, 0.717) is 25.0 Å². The zero-order valence-corrected chi connectivity index (χ0v) is 22.1. The SMILES string of the molecule is CCc1ccc2c(c1)N(CC)/C(=C/C=c1/s/c(=C3\SC(=S)N(CC)C3=O)n(CC(=O)O)c1=O)S2. The summed E-state index contributed by atoms with van der Waals surface area (Å²) in [6.07, 6.45) is 4.56. The van der Waals surface area contributed by atoms with Crippen LogP contribution in [0.3, 0.4) is 0 Å². The van der Waals surface area contributed by atoms with Gasteiger partial charge in [0.05, 0.1) is 15.2 Å². The van der Waals surface area contributed by atoms with Crippen molar-refractivity contribution >= 4 is 79.9 Å². The molecule has 2 aliphatic heterocycles. The van der Waals surface area contributed by atoms with Gasteiger partial charge in [-0.15, -0.1) is 11.3 Å². The highest BCUT2D eigenvalue weighted by Gasteiger charge is 2.33. The van der Waals surface area contributed by atoms with Crippen LogP contribution in [0.4, 0.5) is 5.69 Å². The van der Waals surface area contributed by atoms with Crippen molar-refractivity contribution in [2.24, 2.45) is 0 Å². The molecule has 2 aliphatic rings. The minimum absolute atomic E-state index is 0.298. The highest BCUT2D eigenvalue weighted by molar-refractivity contribution is 8.30. The first-order valence-electron chi connectivity index (χ1n) is 10.8. The van der Waals surface area contributed by atoms with Crippen molar-refractivity contribution in [2.75, 3.05) is 18.0 Å². The number of hydrogen-bond acceptors (Lipinski definition) is 8. The molecule has 178 valence electrons. The number of aliphatic carboxylic acids is 1. The summed E-state index contributed by atoms with van der Waals surface area (Å²) in [6, 6.07) is 6.44. The summed E-state index contributed by atoms with van der Waals surface area (Å²) in [6.45, 7) is 6.69. The number of amides is 1. The van der Waals surface area contributed by atoms with Crippen LogP contribution in [0, 0.1) is 0 Å². The second-order valence-electron chi connectivity index (χ2n) is 7.48. The maximum atomic E-state index is 13.1. The molecule has 1 N–H and O–H groups in total. The lowest BCUT2D eigenvalue weighted by Gasteiger charge is -2.18. The molecule has 7 nitrogen and oxygen atoms in total. The van der Waals surface area contributed by atoms with Crippen molar-refractivity contribution < 1.29 is 14.7 Å². The average Bonchev–Trinajstić information content (AvgIpc) is 3.42. The Hall–Kier alpha value is -2.34. The van der Waals surface area contributed by atoms with Crippen LogP contribution in [0.1, 0.15) is 26.3 Å². The molecule has 0 unspecified atom stereocenters. The zero-order valence-electron chi connectivity index (χ0n) is 18.9. The molecule has 0 radical (unpaired) electrons. The van der Waals surface area contributed by atoms with Crippen molar-refractivity contribution in [1.82, 2.24) is 9.47 Å². The van der Waals surface area contributed by atoms with Gasteiger partial charge in [0.1, 0.15) is 20.4 Å². The van der Waals surface area contributed by atoms with Crippen LogP contribution >= 0.6 is 47.1 Å². The normalized spacial score (nSPS) is 19.0. The van der Waals surface area contributed by atoms with Crippen LogP contribution in [0.25, 0.3) is 11.0 Å². The summed E-state index contributed by atoms with van der Waals surface area (Å²) >= 11 is 9.15. The van der Waals surface area contributed by atoms with Gasteiger partial charge in [0.15, 0.2) is 0 Å². The fourth-order valence-corrected chi connectivity index (χ4v) is 7.44. The molecule has 1 amide bonds. The molecule has 0 atom stereocenters. The van der Waals surface area contributed by atoms with Crippen LogP contribution in [0.15, 0.2) is 39.0 Å². The van der Waals surface area contributed by atoms with Crippen LogP contribution in [0.2, 0.25) is 0 Å². The number of benzene rings is 1. The molecule has 1 aromatic carbocycles. The molecule has 0 aliphatic carbocycles. The topological polar surface area (TPSA) is 82.8 Å². The monoisotopic (exact) mass is 533 g/mol. The van der Waals surface area contributed by atoms with Crippen LogP contribution in [-0.4, -0.2) is 43.9 Å². The van der Waals surface area contributed by atoms with E-state index in [4.69, 9.17) is 12.2 Å². The van der Waals surface area contributed by atoms with Crippen molar-refractivity contribution in [1.29, 1.82) is 0 Å². The second kappa shape index (κ2) is 10.1. The number of anilines is 1. The van der Waals surface area contributed by atoms with Crippen LogP contribution in [0.5, 0.6) is 0 Å². The summed E-state index contributed by atoms with van der Waals surface area (Å²) in [5, 5.41) is 10.4. The van der Waals surface area contributed by atoms with Gasteiger partial charge in [0.2, 0.25) is 0 Å². The number of thiocarbonyl (C=S) groups is 1. The van der Waals surface area contributed by atoms with Crippen molar-refractivity contribution in [3.63, 3.8) is 0 Å². The number of aryl methyl sites for hydroxylation is 1. The largest absolute Gasteiger partial charge is 0.480 e. The number of aromatic nitrogens is 1. The number of carboxylic acids is 1. The number of allylic oxidation sites excluding steroid dienone is 1. The van der Waals surface area contributed by atoms with E-state index in [-0.39, 0.29) is 5.91 Å². The fourth-order valence-electron chi connectivity index (χ4n) is 3.74. The van der Waals surface area contributed by atoms with Gasteiger partial charge in [-0.05, 0) is 50.1 Å². The van der Waals surface area contributed by atoms with Gasteiger partial charge in [-0.2, -0.15) is 0 Å². The lowest BCUT2D eigenvalue weighted by molar-refractivity contribution is -0.137. The predicted molar refractivity (Wildman–Crippen MR) is 144 cm³/mol. The minimum Gasteiger partial charge on any atom is -0.480 e. The fraction of sp³-hybridized carbons (Fsp3) is 0.304. The molecule has 0 bridgehead atoms. The molecule has 1 saturated heterocycles. The summed E-state index contributed by atoms with van der Waals surface area (Å²) in [7, 11) is 0. The number of rotatable bonds is 6. The maximum Gasteiger partial charge on any atom is 0.323 e. The Labute approximate surface area is 214 Å². The number of fused-ring (bicyclic) bond motifs is 1. The van der Waals surface area contributed by atoms with Gasteiger partial charge < -0.3 is 10.0 Å². The molecular weight excluding hydrogens is 511 g/mol. The van der Waals surface area contributed by atoms with E-state index in [9.17, 15) is 19.5 Å². The van der Waals surface area contributed by atoms with Gasteiger partial charge >= 0.3 is 5.97 Å². The van der Waals surface area contributed by atoms with Crippen LogP contribution in [-0.2, 0) is 22.6 Å². The molecule has 0 spiro atoms. The molecule has 1 fully saturated rings. The Kier molecular flexibility index (Phi) is 7.36. The first-order valence-corrected chi connectivity index (χ1v) is 13.6. The second-order valence-corrected chi connectivity index (χ2v) is 11.2. The van der Waals surface area contributed by atoms with Crippen molar-refractivity contribution in [2.45, 2.75) is 38.6 Å². The van der Waals surface area contributed by atoms with E-state index in [0.717, 1.165) is 56.2 Å². The third-order valence-electron chi connectivity index (χ3n) is 5.46. The Morgan fingerprint density at radius 3 is 2.44 bits per heavy atom. The quantitative estimate of drug-likeness (QED) is 0.568. The molecule has 34 heavy (non-hydrogen) atoms. The number of nitrogens with zero attached hydrogens (tertiary/aromatic N) is 3. The first-order chi connectivity index (χ1) is 16.3. The lowest BCUT2D eigenvalue weighted by Crippen LogP contribution is -2.35. The van der Waals surface area contributed by atoms with Gasteiger partial charge in [0.25, 0.3) is 11.5 Å². The Balaban J connectivity index is 1.83. The van der Waals surface area contributed by atoms with E-state index in [1.54, 1.807) is 17.8 Å². The minimum atomic E-state index is -1.15. The van der Waals surface area contributed by atoms with E-state index in [1.807, 2.05) is 13.0 Å². The molecule has 2 aromatic rings. The molecule has 4 rings (SSSR count). The molecule has 1 aromatic heterocycles. The number of carbonyl (C=O) groups is 2. The molecule has 3 heterocycles. The Morgan fingerprint density at radius 1 is 1.09 bits per heavy atom. The van der Waals surface area contributed by atoms with E-state index < -0.39 is 18.1 Å².